The van der Waals surface area contributed by atoms with Crippen molar-refractivity contribution in [2.24, 2.45) is 0 Å². The van der Waals surface area contributed by atoms with Crippen LogP contribution in [0, 0.1) is 0 Å². The van der Waals surface area contributed by atoms with Crippen molar-refractivity contribution in [3.8, 4) is 0 Å². The Bertz CT molecular complexity index is 352. The number of hydrogen-bond acceptors (Lipinski definition) is 5. The van der Waals surface area contributed by atoms with E-state index in [1.54, 1.807) is 10.9 Å². The van der Waals surface area contributed by atoms with E-state index in [0.717, 1.165) is 26.2 Å². The van der Waals surface area contributed by atoms with E-state index < -0.39 is 0 Å². The number of hydrogen-bond donors (Lipinski definition) is 0. The van der Waals surface area contributed by atoms with Gasteiger partial charge in [-0.05, 0) is 6.54 Å². The molecule has 1 aliphatic rings. The maximum Gasteiger partial charge on any atom is 0.171 e. The molecule has 0 bridgehead atoms. The summed E-state index contributed by atoms with van der Waals surface area (Å²) in [4.78, 5) is 12.8. The molecule has 6 nitrogen and oxygen atoms in total. The van der Waals surface area contributed by atoms with Gasteiger partial charge < -0.3 is 4.74 Å². The number of morpholine rings is 1. The first-order chi connectivity index (χ1) is 7.81. The average Bonchev–Trinajstić information content (AvgIpc) is 2.77. The summed E-state index contributed by atoms with van der Waals surface area (Å²) in [5, 5.41) is 7.58. The van der Waals surface area contributed by atoms with Crippen LogP contribution in [-0.2, 0) is 11.3 Å². The van der Waals surface area contributed by atoms with Crippen molar-refractivity contribution < 1.29 is 9.53 Å². The summed E-state index contributed by atoms with van der Waals surface area (Å²) >= 11 is 0. The van der Waals surface area contributed by atoms with Crippen molar-refractivity contribution in [3.05, 3.63) is 11.9 Å². The molecule has 2 rings (SSSR count). The van der Waals surface area contributed by atoms with Gasteiger partial charge in [-0.15, -0.1) is 5.10 Å². The van der Waals surface area contributed by atoms with E-state index in [1.165, 1.54) is 0 Å². The molecule has 0 saturated carbocycles. The zero-order valence-corrected chi connectivity index (χ0v) is 9.37. The molecule has 0 N–H and O–H groups in total. The van der Waals surface area contributed by atoms with E-state index in [9.17, 15) is 4.79 Å². The molecule has 1 aliphatic heterocycles. The molecule has 0 spiro atoms. The molecular formula is C10H16N4O2. The predicted molar refractivity (Wildman–Crippen MR) is 57.3 cm³/mol. The molecule has 1 atom stereocenters. The molecule has 6 heteroatoms. The smallest absolute Gasteiger partial charge is 0.171 e. The van der Waals surface area contributed by atoms with Gasteiger partial charge in [0.2, 0.25) is 0 Å². The Labute approximate surface area is 94.2 Å². The fourth-order valence-corrected chi connectivity index (χ4v) is 1.84. The molecule has 1 aromatic rings. The summed E-state index contributed by atoms with van der Waals surface area (Å²) < 4.78 is 7.30. The minimum atomic E-state index is 0.134. The minimum Gasteiger partial charge on any atom is -0.374 e. The third kappa shape index (κ3) is 2.65. The second-order valence-electron chi connectivity index (χ2n) is 3.87. The van der Waals surface area contributed by atoms with Crippen LogP contribution in [0.15, 0.2) is 6.20 Å². The maximum atomic E-state index is 10.5. The van der Waals surface area contributed by atoms with E-state index >= 15 is 0 Å². The number of ether oxygens (including phenoxy) is 1. The van der Waals surface area contributed by atoms with Gasteiger partial charge in [-0.25, -0.2) is 4.68 Å². The van der Waals surface area contributed by atoms with Crippen molar-refractivity contribution in [1.82, 2.24) is 19.9 Å². The Hall–Kier alpha value is -1.27. The molecule has 88 valence electrons. The van der Waals surface area contributed by atoms with Crippen molar-refractivity contribution in [2.45, 2.75) is 19.6 Å². The van der Waals surface area contributed by atoms with Gasteiger partial charge in [-0.1, -0.05) is 12.1 Å². The SMILES string of the molecule is CCN1CCOC(Cn2cc(C=O)nn2)C1. The number of carbonyl (C=O) groups is 1. The summed E-state index contributed by atoms with van der Waals surface area (Å²) in [6, 6.07) is 0. The van der Waals surface area contributed by atoms with E-state index in [-0.39, 0.29) is 6.10 Å². The fraction of sp³-hybridized carbons (Fsp3) is 0.700. The van der Waals surface area contributed by atoms with Crippen molar-refractivity contribution in [1.29, 1.82) is 0 Å². The van der Waals surface area contributed by atoms with E-state index in [0.29, 0.717) is 18.5 Å². The van der Waals surface area contributed by atoms with Crippen LogP contribution in [0.5, 0.6) is 0 Å². The lowest BCUT2D eigenvalue weighted by atomic mass is 10.2. The summed E-state index contributed by atoms with van der Waals surface area (Å²) in [5.41, 5.74) is 0.364. The van der Waals surface area contributed by atoms with Gasteiger partial charge in [0, 0.05) is 13.1 Å². The second-order valence-corrected chi connectivity index (χ2v) is 3.87. The maximum absolute atomic E-state index is 10.5. The first-order valence-corrected chi connectivity index (χ1v) is 5.51. The Morgan fingerprint density at radius 2 is 2.56 bits per heavy atom. The van der Waals surface area contributed by atoms with Crippen LogP contribution in [0.3, 0.4) is 0 Å². The number of nitrogens with zero attached hydrogens (tertiary/aromatic N) is 4. The van der Waals surface area contributed by atoms with Gasteiger partial charge in [-0.3, -0.25) is 9.69 Å². The third-order valence-corrected chi connectivity index (χ3v) is 2.74. The second kappa shape index (κ2) is 5.18. The average molecular weight is 224 g/mol. The molecule has 1 saturated heterocycles. The summed E-state index contributed by atoms with van der Waals surface area (Å²) in [6.07, 6.45) is 2.47. The lowest BCUT2D eigenvalue weighted by molar-refractivity contribution is -0.0360. The quantitative estimate of drug-likeness (QED) is 0.663. The van der Waals surface area contributed by atoms with Crippen LogP contribution in [0.4, 0.5) is 0 Å². The molecule has 0 aliphatic carbocycles. The van der Waals surface area contributed by atoms with E-state index in [1.807, 2.05) is 0 Å². The summed E-state index contributed by atoms with van der Waals surface area (Å²) in [6.45, 7) is 6.49. The van der Waals surface area contributed by atoms with Crippen LogP contribution >= 0.6 is 0 Å². The van der Waals surface area contributed by atoms with Crippen LogP contribution in [0.25, 0.3) is 0 Å². The molecule has 0 radical (unpaired) electrons. The lowest BCUT2D eigenvalue weighted by Crippen LogP contribution is -2.44. The zero-order valence-electron chi connectivity index (χ0n) is 9.37. The predicted octanol–water partition coefficient (Wildman–Crippen LogP) is -0.189. The Morgan fingerprint density at radius 1 is 1.69 bits per heavy atom. The van der Waals surface area contributed by atoms with Crippen molar-refractivity contribution in [2.75, 3.05) is 26.2 Å². The van der Waals surface area contributed by atoms with Gasteiger partial charge in [-0.2, -0.15) is 0 Å². The van der Waals surface area contributed by atoms with Crippen LogP contribution in [-0.4, -0.2) is 58.5 Å². The molecule has 0 amide bonds. The number of rotatable bonds is 4. The first kappa shape index (κ1) is 11.2. The molecule has 1 aromatic heterocycles. The molecule has 1 unspecified atom stereocenters. The topological polar surface area (TPSA) is 60.2 Å². The molecule has 0 aromatic carbocycles. The third-order valence-electron chi connectivity index (χ3n) is 2.74. The van der Waals surface area contributed by atoms with Gasteiger partial charge in [0.15, 0.2) is 6.29 Å². The van der Waals surface area contributed by atoms with Crippen molar-refractivity contribution in [3.63, 3.8) is 0 Å². The van der Waals surface area contributed by atoms with Gasteiger partial charge >= 0.3 is 0 Å². The normalized spacial score (nSPS) is 22.2. The summed E-state index contributed by atoms with van der Waals surface area (Å²) in [7, 11) is 0. The molecule has 1 fully saturated rings. The lowest BCUT2D eigenvalue weighted by Gasteiger charge is -2.31. The van der Waals surface area contributed by atoms with Crippen LogP contribution in [0.1, 0.15) is 17.4 Å². The zero-order chi connectivity index (χ0) is 11.4. The Balaban J connectivity index is 1.91. The van der Waals surface area contributed by atoms with Crippen molar-refractivity contribution >= 4 is 6.29 Å². The number of aldehydes is 1. The highest BCUT2D eigenvalue weighted by Gasteiger charge is 2.19. The number of likely N-dealkylation sites (N-methyl/N-ethyl adjacent to an activating group) is 1. The standard InChI is InChI=1S/C10H16N4O2/c1-2-13-3-4-16-10(6-13)7-14-5-9(8-15)11-12-14/h5,8,10H,2-4,6-7H2,1H3. The van der Waals surface area contributed by atoms with E-state index in [4.69, 9.17) is 4.74 Å². The van der Waals surface area contributed by atoms with Gasteiger partial charge in [0.1, 0.15) is 5.69 Å². The van der Waals surface area contributed by atoms with Crippen LogP contribution in [0.2, 0.25) is 0 Å². The highest BCUT2D eigenvalue weighted by atomic mass is 16.5. The van der Waals surface area contributed by atoms with Crippen LogP contribution < -0.4 is 0 Å². The largest absolute Gasteiger partial charge is 0.374 e. The van der Waals surface area contributed by atoms with E-state index in [2.05, 4.69) is 22.1 Å². The molecule has 2 heterocycles. The Morgan fingerprint density at radius 3 is 3.25 bits per heavy atom. The van der Waals surface area contributed by atoms with Gasteiger partial charge in [0.05, 0.1) is 25.5 Å². The molecular weight excluding hydrogens is 208 g/mol. The molecule has 16 heavy (non-hydrogen) atoms. The fourth-order valence-electron chi connectivity index (χ4n) is 1.84. The highest BCUT2D eigenvalue weighted by Crippen LogP contribution is 2.06. The number of aromatic nitrogens is 3. The monoisotopic (exact) mass is 224 g/mol. The summed E-state index contributed by atoms with van der Waals surface area (Å²) in [5.74, 6) is 0. The highest BCUT2D eigenvalue weighted by molar-refractivity contribution is 5.70. The van der Waals surface area contributed by atoms with Gasteiger partial charge in [0.25, 0.3) is 0 Å². The Kier molecular flexibility index (Phi) is 3.63. The minimum absolute atomic E-state index is 0.134. The first-order valence-electron chi connectivity index (χ1n) is 5.51. The number of carbonyl (C=O) groups excluding carboxylic acids is 1.